The Morgan fingerprint density at radius 1 is 1.09 bits per heavy atom. The number of likely N-dealkylation sites (tertiary alicyclic amines) is 1. The van der Waals surface area contributed by atoms with Crippen molar-refractivity contribution in [2.45, 2.75) is 57.5 Å². The van der Waals surface area contributed by atoms with Crippen LogP contribution >= 0.6 is 0 Å². The van der Waals surface area contributed by atoms with E-state index >= 15 is 0 Å². The summed E-state index contributed by atoms with van der Waals surface area (Å²) in [6.45, 7) is 0.816. The van der Waals surface area contributed by atoms with Crippen molar-refractivity contribution < 1.29 is 4.79 Å². The maximum absolute atomic E-state index is 13.1. The maximum atomic E-state index is 13.1. The van der Waals surface area contributed by atoms with Crippen molar-refractivity contribution in [1.29, 1.82) is 0 Å². The number of nitrogens with zero attached hydrogens (tertiary/aromatic N) is 1. The Kier molecular flexibility index (Phi) is 4.86. The zero-order chi connectivity index (χ0) is 15.7. The minimum absolute atomic E-state index is 0.338. The summed E-state index contributed by atoms with van der Waals surface area (Å²) in [6, 6.07) is 11.0. The molecule has 1 aromatic carbocycles. The summed E-state index contributed by atoms with van der Waals surface area (Å²) in [7, 11) is 0. The Morgan fingerprint density at radius 3 is 2.45 bits per heavy atom. The van der Waals surface area contributed by atoms with Crippen molar-refractivity contribution in [3.05, 3.63) is 35.9 Å². The predicted molar refractivity (Wildman–Crippen MR) is 94.4 cm³/mol. The summed E-state index contributed by atoms with van der Waals surface area (Å²) in [5, 5.41) is 0. The summed E-state index contributed by atoms with van der Waals surface area (Å²) in [5.74, 6) is 1.44. The van der Waals surface area contributed by atoms with Crippen molar-refractivity contribution in [2.24, 2.45) is 11.8 Å². The van der Waals surface area contributed by atoms with Gasteiger partial charge in [-0.1, -0.05) is 0 Å². The molecular weight excluding hydrogens is 377 g/mol. The summed E-state index contributed by atoms with van der Waals surface area (Å²) in [5.41, 5.74) is 1.28. The molecule has 3 atom stereocenters. The molecule has 1 heterocycles. The molecule has 1 saturated carbocycles. The first kappa shape index (κ1) is 16.4. The van der Waals surface area contributed by atoms with Gasteiger partial charge in [0.05, 0.1) is 0 Å². The standard InChI is InChI=1S/C16H20NO.3CH3.Sn/c1-12-14-9-5-6-10-15(14)17(16(12)18)11-13-7-3-2-4-8-13;;;;/h2-4,7-8,12,14-15H,1,5-6,9-11H2;3*1H3;/t12-,14-,15-;;;;/m0..../s1. The van der Waals surface area contributed by atoms with E-state index in [2.05, 4.69) is 50.1 Å². The second-order valence-corrected chi connectivity index (χ2v) is 24.1. The first-order chi connectivity index (χ1) is 10.5. The van der Waals surface area contributed by atoms with Gasteiger partial charge in [-0.15, -0.1) is 0 Å². The van der Waals surface area contributed by atoms with Gasteiger partial charge in [0.25, 0.3) is 0 Å². The number of carbonyl (C=O) groups excluding carboxylic acids is 1. The summed E-state index contributed by atoms with van der Waals surface area (Å²) in [6.07, 6.45) is 5.11. The van der Waals surface area contributed by atoms with Gasteiger partial charge in [0, 0.05) is 0 Å². The van der Waals surface area contributed by atoms with Crippen molar-refractivity contribution >= 4 is 24.3 Å². The molecule has 0 N–H and O–H groups in total. The topological polar surface area (TPSA) is 20.3 Å². The molecule has 1 aliphatic heterocycles. The quantitative estimate of drug-likeness (QED) is 0.673. The molecule has 1 aromatic rings. The zero-order valence-corrected chi connectivity index (χ0v) is 17.1. The van der Waals surface area contributed by atoms with Crippen LogP contribution in [0.5, 0.6) is 0 Å². The number of carbonyl (C=O) groups is 1. The van der Waals surface area contributed by atoms with Crippen molar-refractivity contribution in [1.82, 2.24) is 4.90 Å². The number of fused-ring (bicyclic) bond motifs is 1. The van der Waals surface area contributed by atoms with E-state index in [-0.39, 0.29) is 0 Å². The van der Waals surface area contributed by atoms with Gasteiger partial charge in [0.2, 0.25) is 0 Å². The Hall–Kier alpha value is -0.511. The molecule has 3 rings (SSSR count). The number of benzene rings is 1. The first-order valence-electron chi connectivity index (χ1n) is 8.80. The third kappa shape index (κ3) is 3.52. The predicted octanol–water partition coefficient (Wildman–Crippen LogP) is 4.54. The van der Waals surface area contributed by atoms with Gasteiger partial charge in [-0.2, -0.15) is 0 Å². The van der Waals surface area contributed by atoms with Gasteiger partial charge >= 0.3 is 139 Å². The normalized spacial score (nSPS) is 28.8. The molecule has 1 aliphatic carbocycles. The van der Waals surface area contributed by atoms with E-state index in [0.717, 1.165) is 6.54 Å². The van der Waals surface area contributed by atoms with Crippen LogP contribution in [0.4, 0.5) is 0 Å². The average Bonchev–Trinajstić information content (AvgIpc) is 2.73. The molecule has 120 valence electrons. The van der Waals surface area contributed by atoms with Gasteiger partial charge in [0.15, 0.2) is 0 Å². The van der Waals surface area contributed by atoms with Crippen LogP contribution in [-0.2, 0) is 11.3 Å². The number of rotatable bonds is 4. The van der Waals surface area contributed by atoms with E-state index in [1.54, 1.807) is 0 Å². The van der Waals surface area contributed by atoms with Gasteiger partial charge in [-0.05, 0) is 0 Å². The molecule has 0 unspecified atom stereocenters. The Bertz CT molecular complexity index is 522. The van der Waals surface area contributed by atoms with E-state index in [0.29, 0.717) is 23.8 Å². The summed E-state index contributed by atoms with van der Waals surface area (Å²) < 4.78 is 1.24. The van der Waals surface area contributed by atoms with E-state index in [4.69, 9.17) is 0 Å². The third-order valence-corrected chi connectivity index (χ3v) is 10.1. The summed E-state index contributed by atoms with van der Waals surface area (Å²) >= 11 is -1.95. The van der Waals surface area contributed by atoms with Crippen LogP contribution in [0, 0.1) is 11.8 Å². The minimum atomic E-state index is -1.95. The molecule has 2 aliphatic rings. The van der Waals surface area contributed by atoms with Crippen molar-refractivity contribution in [3.8, 4) is 0 Å². The Balaban J connectivity index is 1.82. The summed E-state index contributed by atoms with van der Waals surface area (Å²) in [4.78, 5) is 22.8. The van der Waals surface area contributed by atoms with Crippen LogP contribution in [0.2, 0.25) is 19.3 Å². The molecule has 1 amide bonds. The fourth-order valence-electron chi connectivity index (χ4n) is 4.43. The molecule has 3 heteroatoms. The molecular formula is C19H29NOSn. The monoisotopic (exact) mass is 407 g/mol. The van der Waals surface area contributed by atoms with Gasteiger partial charge < -0.3 is 0 Å². The van der Waals surface area contributed by atoms with Gasteiger partial charge in [-0.3, -0.25) is 0 Å². The SMILES string of the molecule is [CH3][Sn]([CH3])([CH3])[CH2][C@@H]1C(=O)N(Cc2ccccc2)[C@H]2CCCC[C@@H]12. The molecule has 0 spiro atoms. The molecule has 22 heavy (non-hydrogen) atoms. The van der Waals surface area contributed by atoms with Crippen LogP contribution in [0.25, 0.3) is 0 Å². The van der Waals surface area contributed by atoms with Crippen LogP contribution in [0.15, 0.2) is 30.3 Å². The second-order valence-electron chi connectivity index (χ2n) is 8.34. The van der Waals surface area contributed by atoms with E-state index in [1.807, 2.05) is 0 Å². The van der Waals surface area contributed by atoms with Crippen LogP contribution in [0.1, 0.15) is 31.2 Å². The zero-order valence-electron chi connectivity index (χ0n) is 14.2. The van der Waals surface area contributed by atoms with Gasteiger partial charge in [-0.25, -0.2) is 0 Å². The molecule has 2 fully saturated rings. The first-order valence-corrected chi connectivity index (χ1v) is 19.4. The van der Waals surface area contributed by atoms with Crippen molar-refractivity contribution in [3.63, 3.8) is 0 Å². The molecule has 0 bridgehead atoms. The van der Waals surface area contributed by atoms with E-state index in [9.17, 15) is 4.79 Å². The van der Waals surface area contributed by atoms with Crippen molar-refractivity contribution in [2.75, 3.05) is 0 Å². The van der Waals surface area contributed by atoms with Crippen LogP contribution in [-0.4, -0.2) is 35.2 Å². The Morgan fingerprint density at radius 2 is 1.77 bits per heavy atom. The molecule has 0 aromatic heterocycles. The molecule has 0 radical (unpaired) electrons. The second kappa shape index (κ2) is 6.54. The molecule has 2 nitrogen and oxygen atoms in total. The Labute approximate surface area is 139 Å². The average molecular weight is 406 g/mol. The van der Waals surface area contributed by atoms with Gasteiger partial charge in [0.1, 0.15) is 0 Å². The third-order valence-electron chi connectivity index (χ3n) is 5.33. The van der Waals surface area contributed by atoms with E-state index in [1.165, 1.54) is 35.7 Å². The van der Waals surface area contributed by atoms with Crippen LogP contribution in [0.3, 0.4) is 0 Å². The number of amides is 1. The number of hydrogen-bond acceptors (Lipinski definition) is 1. The fourth-order valence-corrected chi connectivity index (χ4v) is 9.56. The number of hydrogen-bond donors (Lipinski definition) is 0. The van der Waals surface area contributed by atoms with Crippen LogP contribution < -0.4 is 0 Å². The fraction of sp³-hybridized carbons (Fsp3) is 0.632. The molecule has 1 saturated heterocycles. The van der Waals surface area contributed by atoms with E-state index < -0.39 is 18.4 Å².